The van der Waals surface area contributed by atoms with E-state index >= 15 is 0 Å². The van der Waals surface area contributed by atoms with Gasteiger partial charge in [-0.15, -0.1) is 6.58 Å². The second-order valence-electron chi connectivity index (χ2n) is 15.6. The van der Waals surface area contributed by atoms with Crippen molar-refractivity contribution in [1.29, 1.82) is 0 Å². The largest absolute Gasteiger partial charge is 0.346 e. The van der Waals surface area contributed by atoms with Crippen LogP contribution >= 0.6 is 0 Å². The number of nitrogens with zero attached hydrogens (tertiary/aromatic N) is 1. The second-order valence-corrected chi connectivity index (χ2v) is 17.7. The Bertz CT molecular complexity index is 1340. The van der Waals surface area contributed by atoms with Crippen LogP contribution in [0.25, 0.3) is 0 Å². The van der Waals surface area contributed by atoms with E-state index in [4.69, 9.17) is 0 Å². The van der Waals surface area contributed by atoms with Crippen LogP contribution in [0.2, 0.25) is 0 Å². The van der Waals surface area contributed by atoms with E-state index in [9.17, 15) is 32.4 Å². The molecule has 0 aromatic rings. The maximum absolute atomic E-state index is 14.0. The van der Waals surface area contributed by atoms with Gasteiger partial charge < -0.3 is 21.3 Å². The third-order valence-electron chi connectivity index (χ3n) is 11.7. The molecule has 1 heterocycles. The monoisotopic (exact) mass is 719 g/mol. The van der Waals surface area contributed by atoms with Crippen molar-refractivity contribution in [1.82, 2.24) is 25.6 Å². The van der Waals surface area contributed by atoms with E-state index < -0.39 is 45.7 Å². The van der Waals surface area contributed by atoms with E-state index in [0.717, 1.165) is 57.8 Å². The molecule has 0 aromatic heterocycles. The fourth-order valence-corrected chi connectivity index (χ4v) is 10.2. The number of sulfonamides is 1. The highest BCUT2D eigenvalue weighted by Gasteiger charge is 2.60. The van der Waals surface area contributed by atoms with Crippen LogP contribution in [0.15, 0.2) is 12.7 Å². The zero-order chi connectivity index (χ0) is 36.5. The standard InChI is InChI=1S/C37H61N5O7S/c1-5-19-38-35(46)33(44)29(24-25-17-18-25)40-34(45)27(31-28(6-2)37(31,3)4)15-12-16-30(43)32(26-13-8-7-9-14-26)41-36(47)39-20-22-42-21-10-11-23-50(42,48)49/h5,25-29,31-32H,1,6-24H2,2-4H3,(H,38,46)(H,40,45)(H2,39,41,47)/t27-,28-,29?,31+,32-/m0/s1. The van der Waals surface area contributed by atoms with Crippen LogP contribution in [-0.2, 0) is 29.2 Å². The molecule has 5 atom stereocenters. The van der Waals surface area contributed by atoms with Gasteiger partial charge in [-0.1, -0.05) is 65.4 Å². The minimum atomic E-state index is -3.29. The number of carbonyl (C=O) groups excluding carboxylic acids is 5. The second kappa shape index (κ2) is 18.1. The van der Waals surface area contributed by atoms with Crippen molar-refractivity contribution in [2.24, 2.45) is 35.0 Å². The number of amides is 4. The van der Waals surface area contributed by atoms with Crippen molar-refractivity contribution in [3.8, 4) is 0 Å². The van der Waals surface area contributed by atoms with Gasteiger partial charge in [-0.25, -0.2) is 17.5 Å². The van der Waals surface area contributed by atoms with E-state index in [2.05, 4.69) is 48.6 Å². The maximum atomic E-state index is 14.0. The van der Waals surface area contributed by atoms with Crippen LogP contribution in [0.1, 0.15) is 111 Å². The number of Topliss-reactive ketones (excluding diaryl/α,β-unsaturated/α-hetero) is 2. The summed E-state index contributed by atoms with van der Waals surface area (Å²) in [6, 6.07) is -2.02. The summed E-state index contributed by atoms with van der Waals surface area (Å²) in [6.07, 6.45) is 12.2. The SMILES string of the molecule is C=CCNC(=O)C(=O)C(CC1CC1)NC(=O)[C@@H](CCCC(=O)[C@@H](NC(=O)NCCN1CCCCS1(=O)=O)C1CCCCC1)[C@@H]1[C@H](CC)C1(C)C. The predicted octanol–water partition coefficient (Wildman–Crippen LogP) is 3.85. The molecule has 1 aliphatic heterocycles. The molecule has 4 N–H and O–H groups in total. The highest BCUT2D eigenvalue weighted by Crippen LogP contribution is 2.64. The van der Waals surface area contributed by atoms with Gasteiger partial charge in [0.25, 0.3) is 5.91 Å². The summed E-state index contributed by atoms with van der Waals surface area (Å²) < 4.78 is 26.1. The molecule has 50 heavy (non-hydrogen) atoms. The van der Waals surface area contributed by atoms with Crippen molar-refractivity contribution >= 4 is 39.4 Å². The Morgan fingerprint density at radius 3 is 2.30 bits per heavy atom. The molecule has 0 bridgehead atoms. The quantitative estimate of drug-likeness (QED) is 0.109. The normalized spacial score (nSPS) is 24.9. The van der Waals surface area contributed by atoms with E-state index in [-0.39, 0.29) is 60.7 Å². The van der Waals surface area contributed by atoms with E-state index in [0.29, 0.717) is 44.1 Å². The molecular formula is C37H61N5O7S. The number of ketones is 2. The molecule has 4 fully saturated rings. The molecule has 12 nitrogen and oxygen atoms in total. The van der Waals surface area contributed by atoms with Crippen LogP contribution in [0.3, 0.4) is 0 Å². The first-order valence-electron chi connectivity index (χ1n) is 19.1. The van der Waals surface area contributed by atoms with Crippen LogP contribution in [0.4, 0.5) is 4.79 Å². The summed E-state index contributed by atoms with van der Waals surface area (Å²) in [5.74, 6) is -1.18. The van der Waals surface area contributed by atoms with Gasteiger partial charge in [0, 0.05) is 38.5 Å². The molecule has 0 aromatic carbocycles. The molecule has 0 radical (unpaired) electrons. The van der Waals surface area contributed by atoms with Gasteiger partial charge in [-0.3, -0.25) is 19.2 Å². The van der Waals surface area contributed by atoms with Crippen molar-refractivity contribution in [2.75, 3.05) is 31.9 Å². The Labute approximate surface area is 299 Å². The number of hydrogen-bond donors (Lipinski definition) is 4. The molecule has 0 spiro atoms. The topological polar surface area (TPSA) is 171 Å². The average Bonchev–Trinajstić information content (AvgIpc) is 4.00. The Kier molecular flexibility index (Phi) is 14.5. The lowest BCUT2D eigenvalue weighted by molar-refractivity contribution is -0.140. The first-order chi connectivity index (χ1) is 23.8. The van der Waals surface area contributed by atoms with E-state index in [1.54, 1.807) is 0 Å². The molecule has 4 amide bonds. The van der Waals surface area contributed by atoms with Gasteiger partial charge in [0.05, 0.1) is 17.8 Å². The molecule has 1 unspecified atom stereocenters. The van der Waals surface area contributed by atoms with Gasteiger partial charge in [-0.2, -0.15) is 0 Å². The Morgan fingerprint density at radius 2 is 1.68 bits per heavy atom. The Morgan fingerprint density at radius 1 is 0.960 bits per heavy atom. The highest BCUT2D eigenvalue weighted by atomic mass is 32.2. The molecule has 282 valence electrons. The van der Waals surface area contributed by atoms with Gasteiger partial charge in [0.15, 0.2) is 5.78 Å². The first kappa shape index (κ1) is 40.0. The highest BCUT2D eigenvalue weighted by molar-refractivity contribution is 7.89. The summed E-state index contributed by atoms with van der Waals surface area (Å²) in [4.78, 5) is 66.5. The van der Waals surface area contributed by atoms with Gasteiger partial charge in [0.1, 0.15) is 0 Å². The van der Waals surface area contributed by atoms with Gasteiger partial charge >= 0.3 is 6.03 Å². The summed E-state index contributed by atoms with van der Waals surface area (Å²) in [6.45, 7) is 11.0. The molecule has 3 saturated carbocycles. The lowest BCUT2D eigenvalue weighted by Gasteiger charge is -2.30. The lowest BCUT2D eigenvalue weighted by Crippen LogP contribution is -2.51. The van der Waals surface area contributed by atoms with Crippen molar-refractivity contribution in [2.45, 2.75) is 123 Å². The minimum absolute atomic E-state index is 0.0248. The van der Waals surface area contributed by atoms with E-state index in [1.165, 1.54) is 10.4 Å². The zero-order valence-electron chi connectivity index (χ0n) is 30.5. The summed E-state index contributed by atoms with van der Waals surface area (Å²) in [7, 11) is -3.29. The lowest BCUT2D eigenvalue weighted by atomic mass is 9.81. The molecule has 4 rings (SSSR count). The third kappa shape index (κ3) is 10.9. The Hall–Kier alpha value is -2.80. The smallest absolute Gasteiger partial charge is 0.315 e. The number of rotatable bonds is 20. The third-order valence-corrected chi connectivity index (χ3v) is 13.6. The molecule has 1 saturated heterocycles. The summed E-state index contributed by atoms with van der Waals surface area (Å²) >= 11 is 0. The average molecular weight is 720 g/mol. The number of nitrogens with one attached hydrogen (secondary N) is 4. The van der Waals surface area contributed by atoms with Crippen LogP contribution in [0.5, 0.6) is 0 Å². The predicted molar refractivity (Wildman–Crippen MR) is 192 cm³/mol. The fourth-order valence-electron chi connectivity index (χ4n) is 8.61. The molecule has 13 heteroatoms. The minimum Gasteiger partial charge on any atom is -0.346 e. The summed E-state index contributed by atoms with van der Waals surface area (Å²) in [5.41, 5.74) is -0.0596. The van der Waals surface area contributed by atoms with Crippen molar-refractivity contribution < 1.29 is 32.4 Å². The number of urea groups is 1. The van der Waals surface area contributed by atoms with Crippen molar-refractivity contribution in [3.63, 3.8) is 0 Å². The van der Waals surface area contributed by atoms with Crippen LogP contribution in [-0.4, -0.2) is 86.2 Å². The van der Waals surface area contributed by atoms with Gasteiger partial charge in [-0.05, 0) is 74.0 Å². The molecular weight excluding hydrogens is 659 g/mol. The zero-order valence-corrected chi connectivity index (χ0v) is 31.3. The molecule has 4 aliphatic rings. The van der Waals surface area contributed by atoms with Crippen molar-refractivity contribution in [3.05, 3.63) is 12.7 Å². The summed E-state index contributed by atoms with van der Waals surface area (Å²) in [5, 5.41) is 11.2. The Balaban J connectivity index is 1.38. The van der Waals surface area contributed by atoms with E-state index in [1.807, 2.05) is 0 Å². The fraction of sp³-hybridized carbons (Fsp3) is 0.811. The number of hydrogen-bond acceptors (Lipinski definition) is 7. The first-order valence-corrected chi connectivity index (χ1v) is 20.7. The van der Waals surface area contributed by atoms with Crippen LogP contribution < -0.4 is 21.3 Å². The number of carbonyl (C=O) groups is 5. The van der Waals surface area contributed by atoms with Crippen LogP contribution in [0, 0.1) is 35.0 Å². The maximum Gasteiger partial charge on any atom is 0.315 e. The van der Waals surface area contributed by atoms with Gasteiger partial charge in [0.2, 0.25) is 21.7 Å². The molecule has 3 aliphatic carbocycles.